The molecule has 0 saturated carbocycles. The average Bonchev–Trinajstić information content (AvgIpc) is 3.33. The van der Waals surface area contributed by atoms with Crippen molar-refractivity contribution in [1.29, 1.82) is 0 Å². The van der Waals surface area contributed by atoms with Crippen LogP contribution in [0, 0.1) is 0 Å². The highest BCUT2D eigenvalue weighted by atomic mass is 19.3. The highest BCUT2D eigenvalue weighted by molar-refractivity contribution is 6.04. The van der Waals surface area contributed by atoms with Crippen molar-refractivity contribution < 1.29 is 18.3 Å². The van der Waals surface area contributed by atoms with E-state index < -0.39 is 12.5 Å². The molecule has 1 unspecified atom stereocenters. The van der Waals surface area contributed by atoms with E-state index in [-0.39, 0.29) is 17.1 Å². The summed E-state index contributed by atoms with van der Waals surface area (Å²) >= 11 is 0. The van der Waals surface area contributed by atoms with Crippen LogP contribution in [0.4, 0.5) is 20.3 Å². The van der Waals surface area contributed by atoms with Crippen LogP contribution in [-0.4, -0.2) is 58.4 Å². The number of aromatic nitrogens is 4. The number of fused-ring (bicyclic) bond motifs is 1. The molecular weight excluding hydrogens is 396 g/mol. The maximum absolute atomic E-state index is 12.8. The van der Waals surface area contributed by atoms with Gasteiger partial charge in [-0.25, -0.2) is 9.97 Å². The van der Waals surface area contributed by atoms with Gasteiger partial charge in [-0.05, 0) is 19.5 Å². The number of ether oxygens (including phenoxy) is 1. The normalized spacial score (nSPS) is 16.4. The quantitative estimate of drug-likeness (QED) is 0.633. The first kappa shape index (κ1) is 20.0. The Kier molecular flexibility index (Phi) is 5.44. The van der Waals surface area contributed by atoms with Crippen molar-refractivity contribution in [2.75, 3.05) is 30.4 Å². The molecular formula is C19H21F2N7O2. The van der Waals surface area contributed by atoms with Crippen molar-refractivity contribution >= 4 is 28.3 Å². The van der Waals surface area contributed by atoms with Crippen molar-refractivity contribution in [3.8, 4) is 5.75 Å². The number of likely N-dealkylation sites (N-methyl/N-ethyl adjacent to an activating group) is 1. The molecule has 3 heterocycles. The van der Waals surface area contributed by atoms with Gasteiger partial charge in [0.25, 0.3) is 5.91 Å². The molecule has 0 bridgehead atoms. The molecule has 4 rings (SSSR count). The Balaban J connectivity index is 1.53. The lowest BCUT2D eigenvalue weighted by Crippen LogP contribution is -2.30. The van der Waals surface area contributed by atoms with E-state index >= 15 is 0 Å². The van der Waals surface area contributed by atoms with Crippen LogP contribution in [0.3, 0.4) is 0 Å². The number of rotatable bonds is 6. The van der Waals surface area contributed by atoms with Gasteiger partial charge in [0.2, 0.25) is 0 Å². The number of aryl methyl sites for hydroxylation is 1. The van der Waals surface area contributed by atoms with Gasteiger partial charge < -0.3 is 20.3 Å². The fourth-order valence-electron chi connectivity index (χ4n) is 3.46. The molecule has 30 heavy (non-hydrogen) atoms. The minimum atomic E-state index is -3.04. The van der Waals surface area contributed by atoms with Crippen molar-refractivity contribution in [3.05, 3.63) is 36.4 Å². The number of hydrogen-bond acceptors (Lipinski definition) is 7. The second-order valence-electron chi connectivity index (χ2n) is 7.02. The van der Waals surface area contributed by atoms with Gasteiger partial charge >= 0.3 is 6.61 Å². The summed E-state index contributed by atoms with van der Waals surface area (Å²) in [7, 11) is 3.63. The maximum atomic E-state index is 12.8. The molecule has 0 spiro atoms. The Bertz CT molecular complexity index is 1050. The minimum Gasteiger partial charge on any atom is -0.433 e. The zero-order chi connectivity index (χ0) is 21.3. The largest absolute Gasteiger partial charge is 0.433 e. The molecule has 1 aliphatic heterocycles. The SMILES string of the molecule is CNC1CCN(c2cnc(C(=O)Nc3cc4cn(C)nc4cc3OC(F)F)cn2)C1. The molecule has 0 aliphatic carbocycles. The molecule has 1 saturated heterocycles. The van der Waals surface area contributed by atoms with Gasteiger partial charge in [0, 0.05) is 43.8 Å². The predicted molar refractivity (Wildman–Crippen MR) is 107 cm³/mol. The first-order chi connectivity index (χ1) is 14.4. The Morgan fingerprint density at radius 3 is 2.80 bits per heavy atom. The topological polar surface area (TPSA) is 97.2 Å². The molecule has 2 N–H and O–H groups in total. The summed E-state index contributed by atoms with van der Waals surface area (Å²) in [6.45, 7) is -1.37. The van der Waals surface area contributed by atoms with Crippen LogP contribution in [0.2, 0.25) is 0 Å². The summed E-state index contributed by atoms with van der Waals surface area (Å²) in [5.41, 5.74) is 0.640. The van der Waals surface area contributed by atoms with Crippen LogP contribution in [0.15, 0.2) is 30.7 Å². The third kappa shape index (κ3) is 4.15. The third-order valence-corrected chi connectivity index (χ3v) is 4.98. The second-order valence-corrected chi connectivity index (χ2v) is 7.02. The van der Waals surface area contributed by atoms with Gasteiger partial charge in [0.15, 0.2) is 5.75 Å². The first-order valence-electron chi connectivity index (χ1n) is 9.40. The van der Waals surface area contributed by atoms with Gasteiger partial charge in [-0.15, -0.1) is 0 Å². The summed E-state index contributed by atoms with van der Waals surface area (Å²) in [6.07, 6.45) is 5.62. The van der Waals surface area contributed by atoms with E-state index in [2.05, 4.69) is 35.3 Å². The van der Waals surface area contributed by atoms with E-state index in [1.165, 1.54) is 24.5 Å². The minimum absolute atomic E-state index is 0.0670. The van der Waals surface area contributed by atoms with E-state index in [0.717, 1.165) is 19.5 Å². The summed E-state index contributed by atoms with van der Waals surface area (Å²) < 4.78 is 31.7. The molecule has 1 atom stereocenters. The molecule has 2 aromatic heterocycles. The van der Waals surface area contributed by atoms with E-state index in [1.54, 1.807) is 17.9 Å². The van der Waals surface area contributed by atoms with Crippen LogP contribution < -0.4 is 20.3 Å². The number of carbonyl (C=O) groups excluding carboxylic acids is 1. The Hall–Kier alpha value is -3.34. The van der Waals surface area contributed by atoms with Gasteiger partial charge in [-0.1, -0.05) is 0 Å². The second kappa shape index (κ2) is 8.19. The molecule has 0 radical (unpaired) electrons. The summed E-state index contributed by atoms with van der Waals surface area (Å²) in [6, 6.07) is 3.28. The van der Waals surface area contributed by atoms with Crippen LogP contribution >= 0.6 is 0 Å². The number of amides is 1. The number of nitrogens with zero attached hydrogens (tertiary/aromatic N) is 5. The molecule has 3 aromatic rings. The van der Waals surface area contributed by atoms with Gasteiger partial charge in [-0.2, -0.15) is 13.9 Å². The van der Waals surface area contributed by atoms with E-state index in [9.17, 15) is 13.6 Å². The standard InChI is InChI=1S/C19H21F2N7O2/c1-22-12-3-4-28(10-12)17-8-23-15(7-24-17)18(29)25-14-5-11-9-27(2)26-13(11)6-16(14)30-19(20)21/h5-9,12,19,22H,3-4,10H2,1-2H3,(H,25,29). The molecule has 158 valence electrons. The Morgan fingerprint density at radius 1 is 1.30 bits per heavy atom. The maximum Gasteiger partial charge on any atom is 0.387 e. The van der Waals surface area contributed by atoms with Crippen LogP contribution in [0.5, 0.6) is 5.75 Å². The molecule has 1 aliphatic rings. The number of benzene rings is 1. The molecule has 1 aromatic carbocycles. The number of carbonyl (C=O) groups is 1. The van der Waals surface area contributed by atoms with Crippen molar-refractivity contribution in [1.82, 2.24) is 25.1 Å². The zero-order valence-electron chi connectivity index (χ0n) is 16.5. The van der Waals surface area contributed by atoms with E-state index in [1.807, 2.05) is 7.05 Å². The van der Waals surface area contributed by atoms with Gasteiger partial charge in [0.05, 0.1) is 23.6 Å². The third-order valence-electron chi connectivity index (χ3n) is 4.98. The molecule has 1 amide bonds. The van der Waals surface area contributed by atoms with Crippen LogP contribution in [-0.2, 0) is 7.05 Å². The lowest BCUT2D eigenvalue weighted by Gasteiger charge is -2.17. The Labute approximate surface area is 171 Å². The van der Waals surface area contributed by atoms with Crippen LogP contribution in [0.1, 0.15) is 16.9 Å². The lowest BCUT2D eigenvalue weighted by molar-refractivity contribution is -0.0492. The van der Waals surface area contributed by atoms with Gasteiger partial charge in [-0.3, -0.25) is 9.48 Å². The number of alkyl halides is 2. The number of hydrogen-bond donors (Lipinski definition) is 2. The monoisotopic (exact) mass is 417 g/mol. The summed E-state index contributed by atoms with van der Waals surface area (Å²) in [5.74, 6) is -0.0713. The number of halogens is 2. The Morgan fingerprint density at radius 2 is 2.13 bits per heavy atom. The number of anilines is 2. The fourth-order valence-corrected chi connectivity index (χ4v) is 3.46. The van der Waals surface area contributed by atoms with Crippen molar-refractivity contribution in [3.63, 3.8) is 0 Å². The molecule has 1 fully saturated rings. The van der Waals surface area contributed by atoms with Gasteiger partial charge in [0.1, 0.15) is 11.5 Å². The van der Waals surface area contributed by atoms with Crippen molar-refractivity contribution in [2.24, 2.45) is 7.05 Å². The first-order valence-corrected chi connectivity index (χ1v) is 9.40. The zero-order valence-corrected chi connectivity index (χ0v) is 16.5. The average molecular weight is 417 g/mol. The highest BCUT2D eigenvalue weighted by Gasteiger charge is 2.23. The molecule has 9 nitrogen and oxygen atoms in total. The van der Waals surface area contributed by atoms with Crippen molar-refractivity contribution in [2.45, 2.75) is 19.1 Å². The summed E-state index contributed by atoms with van der Waals surface area (Å²) in [5, 5.41) is 10.6. The smallest absolute Gasteiger partial charge is 0.387 e. The predicted octanol–water partition coefficient (Wildman–Crippen LogP) is 2.02. The summed E-state index contributed by atoms with van der Waals surface area (Å²) in [4.78, 5) is 23.2. The number of nitrogens with one attached hydrogen (secondary N) is 2. The lowest BCUT2D eigenvalue weighted by atomic mass is 10.2. The highest BCUT2D eigenvalue weighted by Crippen LogP contribution is 2.31. The molecule has 11 heteroatoms. The fraction of sp³-hybridized carbons (Fsp3) is 0.368. The van der Waals surface area contributed by atoms with Crippen LogP contribution in [0.25, 0.3) is 10.9 Å². The van der Waals surface area contributed by atoms with E-state index in [4.69, 9.17) is 0 Å². The van der Waals surface area contributed by atoms with E-state index in [0.29, 0.717) is 22.8 Å².